The lowest BCUT2D eigenvalue weighted by Crippen LogP contribution is -2.50. The molecule has 2 aliphatic rings. The van der Waals surface area contributed by atoms with Crippen molar-refractivity contribution in [1.29, 1.82) is 0 Å². The van der Waals surface area contributed by atoms with Gasteiger partial charge in [0.2, 0.25) is 11.9 Å². The second-order valence-corrected chi connectivity index (χ2v) is 5.96. The Bertz CT molecular complexity index is 953. The fourth-order valence-electron chi connectivity index (χ4n) is 2.59. The zero-order valence-electron chi connectivity index (χ0n) is 14.6. The molecule has 0 aliphatic carbocycles. The summed E-state index contributed by atoms with van der Waals surface area (Å²) in [6.07, 6.45) is 3.36. The minimum Gasteiger partial charge on any atom is -0.290 e. The standard InChI is InChI=1S/C20H16N6O2/c27-17-15(11-13-7-3-1-4-8-13)21-19(23-17)25-26-20-22-16(18(28)24-20)12-14-9-5-2-6-10-14/h1-12H,(H2,21,23,25,27)(H2,22,24,26,28). The number of carbonyl (C=O) groups is 2. The van der Waals surface area contributed by atoms with Gasteiger partial charge in [0.25, 0.3) is 11.8 Å². The van der Waals surface area contributed by atoms with Gasteiger partial charge in [0, 0.05) is 0 Å². The number of carbonyl (C=O) groups excluding carboxylic acids is 2. The average molecular weight is 372 g/mol. The number of rotatable bonds is 2. The summed E-state index contributed by atoms with van der Waals surface area (Å²) in [5.41, 5.74) is 7.75. The van der Waals surface area contributed by atoms with Crippen molar-refractivity contribution in [2.75, 3.05) is 0 Å². The molecule has 4 N–H and O–H groups in total. The normalized spacial score (nSPS) is 18.6. The maximum absolute atomic E-state index is 12.0. The van der Waals surface area contributed by atoms with Crippen LogP contribution in [-0.4, -0.2) is 23.7 Å². The van der Waals surface area contributed by atoms with E-state index in [1.807, 2.05) is 60.7 Å². The first-order chi connectivity index (χ1) is 13.7. The summed E-state index contributed by atoms with van der Waals surface area (Å²) in [6, 6.07) is 18.8. The van der Waals surface area contributed by atoms with Crippen LogP contribution in [0.5, 0.6) is 0 Å². The van der Waals surface area contributed by atoms with E-state index in [-0.39, 0.29) is 35.1 Å². The number of hydrogen-bond donors (Lipinski definition) is 4. The third-order valence-corrected chi connectivity index (χ3v) is 3.90. The molecular formula is C20H16N6O2. The molecule has 2 heterocycles. The Hall–Kier alpha value is -4.20. The molecule has 0 fully saturated rings. The van der Waals surface area contributed by atoms with Crippen molar-refractivity contribution in [3.8, 4) is 0 Å². The summed E-state index contributed by atoms with van der Waals surface area (Å²) in [6.45, 7) is 0. The fourth-order valence-corrected chi connectivity index (χ4v) is 2.59. The summed E-state index contributed by atoms with van der Waals surface area (Å²) < 4.78 is 0. The van der Waals surface area contributed by atoms with Gasteiger partial charge < -0.3 is 0 Å². The first kappa shape index (κ1) is 17.2. The molecule has 8 nitrogen and oxygen atoms in total. The zero-order valence-corrected chi connectivity index (χ0v) is 14.6. The molecule has 0 aromatic heterocycles. The number of benzene rings is 2. The lowest BCUT2D eigenvalue weighted by molar-refractivity contribution is -0.116. The van der Waals surface area contributed by atoms with Gasteiger partial charge in [-0.25, -0.2) is 9.98 Å². The van der Waals surface area contributed by atoms with Crippen molar-refractivity contribution < 1.29 is 9.59 Å². The van der Waals surface area contributed by atoms with Crippen LogP contribution < -0.4 is 21.5 Å². The number of guanidine groups is 2. The van der Waals surface area contributed by atoms with Crippen LogP contribution in [0.2, 0.25) is 0 Å². The summed E-state index contributed by atoms with van der Waals surface area (Å²) in [5, 5.41) is 5.19. The Morgan fingerprint density at radius 2 is 1.04 bits per heavy atom. The first-order valence-electron chi connectivity index (χ1n) is 8.53. The van der Waals surface area contributed by atoms with Crippen molar-refractivity contribution in [3.63, 3.8) is 0 Å². The van der Waals surface area contributed by atoms with Crippen molar-refractivity contribution in [2.24, 2.45) is 9.98 Å². The van der Waals surface area contributed by atoms with Gasteiger partial charge in [-0.05, 0) is 23.3 Å². The van der Waals surface area contributed by atoms with Gasteiger partial charge in [-0.1, -0.05) is 60.7 Å². The molecule has 0 saturated carbocycles. The first-order valence-corrected chi connectivity index (χ1v) is 8.53. The van der Waals surface area contributed by atoms with Crippen molar-refractivity contribution in [3.05, 3.63) is 83.2 Å². The molecule has 2 amide bonds. The monoisotopic (exact) mass is 372 g/mol. The zero-order chi connectivity index (χ0) is 19.3. The van der Waals surface area contributed by atoms with E-state index in [9.17, 15) is 9.59 Å². The van der Waals surface area contributed by atoms with E-state index in [1.54, 1.807) is 12.2 Å². The molecule has 2 aromatic carbocycles. The van der Waals surface area contributed by atoms with Gasteiger partial charge in [0.15, 0.2) is 0 Å². The molecule has 138 valence electrons. The summed E-state index contributed by atoms with van der Waals surface area (Å²) in [5.74, 6) is -0.223. The van der Waals surface area contributed by atoms with Gasteiger partial charge in [-0.15, -0.1) is 0 Å². The third-order valence-electron chi connectivity index (χ3n) is 3.90. The van der Waals surface area contributed by atoms with E-state index >= 15 is 0 Å². The molecule has 0 radical (unpaired) electrons. The molecule has 0 saturated heterocycles. The van der Waals surface area contributed by atoms with Crippen LogP contribution in [-0.2, 0) is 9.59 Å². The maximum atomic E-state index is 12.0. The third kappa shape index (κ3) is 3.96. The lowest BCUT2D eigenvalue weighted by Gasteiger charge is -2.07. The van der Waals surface area contributed by atoms with Gasteiger partial charge in [0.05, 0.1) is 0 Å². The van der Waals surface area contributed by atoms with Crippen LogP contribution in [0.1, 0.15) is 11.1 Å². The van der Waals surface area contributed by atoms with E-state index in [4.69, 9.17) is 0 Å². The molecule has 28 heavy (non-hydrogen) atoms. The highest BCUT2D eigenvalue weighted by Gasteiger charge is 2.23. The Morgan fingerprint density at radius 3 is 1.43 bits per heavy atom. The Balaban J connectivity index is 1.42. The van der Waals surface area contributed by atoms with Crippen LogP contribution in [0.4, 0.5) is 0 Å². The number of nitrogens with one attached hydrogen (secondary N) is 4. The van der Waals surface area contributed by atoms with Gasteiger partial charge in [0.1, 0.15) is 11.4 Å². The van der Waals surface area contributed by atoms with Crippen molar-refractivity contribution in [2.45, 2.75) is 0 Å². The van der Waals surface area contributed by atoms with Gasteiger partial charge >= 0.3 is 0 Å². The number of hydrogen-bond acceptors (Lipinski definition) is 6. The number of nitrogens with zero attached hydrogens (tertiary/aromatic N) is 2. The highest BCUT2D eigenvalue weighted by molar-refractivity contribution is 6.16. The second kappa shape index (κ2) is 7.58. The van der Waals surface area contributed by atoms with Crippen LogP contribution in [0.15, 0.2) is 82.0 Å². The minimum absolute atomic E-state index is 0.213. The summed E-state index contributed by atoms with van der Waals surface area (Å²) >= 11 is 0. The predicted octanol–water partition coefficient (Wildman–Crippen LogP) is 1.13. The molecule has 0 atom stereocenters. The average Bonchev–Trinajstić information content (AvgIpc) is 3.24. The van der Waals surface area contributed by atoms with E-state index < -0.39 is 0 Å². The smallest absolute Gasteiger partial charge is 0.276 e. The van der Waals surface area contributed by atoms with Crippen LogP contribution >= 0.6 is 0 Å². The minimum atomic E-state index is -0.324. The molecule has 8 heteroatoms. The van der Waals surface area contributed by atoms with E-state index in [1.165, 1.54) is 0 Å². The molecular weight excluding hydrogens is 356 g/mol. The largest absolute Gasteiger partial charge is 0.290 e. The number of hydrazine groups is 1. The fraction of sp³-hybridized carbons (Fsp3) is 0. The van der Waals surface area contributed by atoms with Crippen LogP contribution in [0.3, 0.4) is 0 Å². The molecule has 2 aliphatic heterocycles. The SMILES string of the molecule is O=C1NC(NNC2=NC(=Cc3ccccc3)C(=O)N2)=NC1=Cc1ccccc1. The Kier molecular flexibility index (Phi) is 4.67. The number of aliphatic imine (C=N–C) groups is 2. The van der Waals surface area contributed by atoms with E-state index in [0.717, 1.165) is 11.1 Å². The molecule has 2 aromatic rings. The topological polar surface area (TPSA) is 107 Å². The van der Waals surface area contributed by atoms with Gasteiger partial charge in [-0.2, -0.15) is 0 Å². The second-order valence-electron chi connectivity index (χ2n) is 5.96. The Labute approximate surface area is 160 Å². The summed E-state index contributed by atoms with van der Waals surface area (Å²) in [7, 11) is 0. The summed E-state index contributed by atoms with van der Waals surface area (Å²) in [4.78, 5) is 32.4. The molecule has 4 rings (SSSR count). The molecule has 0 spiro atoms. The van der Waals surface area contributed by atoms with E-state index in [0.29, 0.717) is 0 Å². The van der Waals surface area contributed by atoms with Crippen LogP contribution in [0, 0.1) is 0 Å². The molecule has 0 bridgehead atoms. The quantitative estimate of drug-likeness (QED) is 0.468. The van der Waals surface area contributed by atoms with Gasteiger partial charge in [-0.3, -0.25) is 31.1 Å². The van der Waals surface area contributed by atoms with E-state index in [2.05, 4.69) is 31.5 Å². The highest BCUT2D eigenvalue weighted by atomic mass is 16.2. The number of amides is 2. The molecule has 0 unspecified atom stereocenters. The van der Waals surface area contributed by atoms with Crippen molar-refractivity contribution >= 4 is 35.9 Å². The highest BCUT2D eigenvalue weighted by Crippen LogP contribution is 2.12. The van der Waals surface area contributed by atoms with Crippen molar-refractivity contribution in [1.82, 2.24) is 21.5 Å². The maximum Gasteiger partial charge on any atom is 0.276 e. The van der Waals surface area contributed by atoms with Crippen LogP contribution in [0.25, 0.3) is 12.2 Å². The lowest BCUT2D eigenvalue weighted by atomic mass is 10.2. The Morgan fingerprint density at radius 1 is 0.643 bits per heavy atom. The predicted molar refractivity (Wildman–Crippen MR) is 106 cm³/mol.